The lowest BCUT2D eigenvalue weighted by Gasteiger charge is -2.13. The second-order valence-corrected chi connectivity index (χ2v) is 5.35. The van der Waals surface area contributed by atoms with Gasteiger partial charge in [-0.15, -0.1) is 0 Å². The van der Waals surface area contributed by atoms with Gasteiger partial charge in [-0.3, -0.25) is 4.57 Å². The van der Waals surface area contributed by atoms with Crippen molar-refractivity contribution in [2.75, 3.05) is 6.61 Å². The molecule has 0 amide bonds. The Hall–Kier alpha value is -1.61. The highest BCUT2D eigenvalue weighted by Crippen LogP contribution is 2.29. The minimum Gasteiger partial charge on any atom is -0.394 e. The summed E-state index contributed by atoms with van der Waals surface area (Å²) in [6.45, 7) is 2.66. The van der Waals surface area contributed by atoms with E-state index in [-0.39, 0.29) is 18.9 Å². The molecule has 3 heterocycles. The second kappa shape index (κ2) is 6.44. The van der Waals surface area contributed by atoms with Gasteiger partial charge in [0.2, 0.25) is 0 Å². The Labute approximate surface area is 122 Å². The molecule has 2 atom stereocenters. The molecule has 2 aromatic rings. The van der Waals surface area contributed by atoms with Crippen molar-refractivity contribution >= 4 is 11.2 Å². The van der Waals surface area contributed by atoms with Crippen LogP contribution in [-0.4, -0.2) is 53.3 Å². The Balaban J connectivity index is 0.000000282. The molecule has 3 N–H and O–H groups in total. The molecule has 0 bridgehead atoms. The van der Waals surface area contributed by atoms with Gasteiger partial charge in [0.05, 0.1) is 25.2 Å². The predicted octanol–water partition coefficient (Wildman–Crippen LogP) is 0.203. The number of hydrogen-bond donors (Lipinski definition) is 3. The summed E-state index contributed by atoms with van der Waals surface area (Å²) < 4.78 is 7.57. The summed E-state index contributed by atoms with van der Waals surface area (Å²) in [6, 6.07) is 0. The SMILES string of the molecule is CC(C)(O)O.OCC1CCC(n2cnc3cncnc32)O1. The van der Waals surface area contributed by atoms with Crippen LogP contribution >= 0.6 is 0 Å². The summed E-state index contributed by atoms with van der Waals surface area (Å²) in [5, 5.41) is 25.2. The third-order valence-corrected chi connectivity index (χ3v) is 2.84. The molecule has 2 unspecified atom stereocenters. The molecule has 1 saturated heterocycles. The van der Waals surface area contributed by atoms with E-state index in [9.17, 15) is 0 Å². The molecule has 8 heteroatoms. The quantitative estimate of drug-likeness (QED) is 0.678. The van der Waals surface area contributed by atoms with Crippen LogP contribution in [-0.2, 0) is 4.74 Å². The molecule has 0 aliphatic carbocycles. The Bertz CT molecular complexity index is 575. The monoisotopic (exact) mass is 296 g/mol. The molecular formula is C13H20N4O4. The molecule has 0 radical (unpaired) electrons. The lowest BCUT2D eigenvalue weighted by atomic mass is 10.2. The molecule has 1 aliphatic heterocycles. The molecule has 2 aromatic heterocycles. The van der Waals surface area contributed by atoms with Gasteiger partial charge >= 0.3 is 0 Å². The summed E-state index contributed by atoms with van der Waals surface area (Å²) in [6.07, 6.45) is 6.49. The zero-order chi connectivity index (χ0) is 15.5. The van der Waals surface area contributed by atoms with Crippen LogP contribution in [0.3, 0.4) is 0 Å². The highest BCUT2D eigenvalue weighted by Gasteiger charge is 2.27. The first-order chi connectivity index (χ1) is 9.88. The van der Waals surface area contributed by atoms with Crippen molar-refractivity contribution in [3.63, 3.8) is 0 Å². The smallest absolute Gasteiger partial charge is 0.165 e. The van der Waals surface area contributed by atoms with Crippen molar-refractivity contribution in [3.8, 4) is 0 Å². The van der Waals surface area contributed by atoms with Crippen LogP contribution in [0.2, 0.25) is 0 Å². The number of aliphatic hydroxyl groups is 3. The number of aliphatic hydroxyl groups excluding tert-OH is 1. The van der Waals surface area contributed by atoms with Gasteiger partial charge in [0.1, 0.15) is 18.1 Å². The van der Waals surface area contributed by atoms with E-state index in [1.165, 1.54) is 20.2 Å². The zero-order valence-corrected chi connectivity index (χ0v) is 12.0. The summed E-state index contributed by atoms with van der Waals surface area (Å²) >= 11 is 0. The lowest BCUT2D eigenvalue weighted by molar-refractivity contribution is -0.127. The molecule has 1 fully saturated rings. The zero-order valence-electron chi connectivity index (χ0n) is 12.0. The maximum Gasteiger partial charge on any atom is 0.165 e. The molecule has 0 aromatic carbocycles. The Morgan fingerprint density at radius 1 is 1.33 bits per heavy atom. The summed E-state index contributed by atoms with van der Waals surface area (Å²) in [5.74, 6) is -1.50. The van der Waals surface area contributed by atoms with Gasteiger partial charge in [-0.1, -0.05) is 0 Å². The molecule has 1 aliphatic rings. The Morgan fingerprint density at radius 3 is 2.67 bits per heavy atom. The van der Waals surface area contributed by atoms with Crippen LogP contribution in [0.5, 0.6) is 0 Å². The summed E-state index contributed by atoms with van der Waals surface area (Å²) in [4.78, 5) is 12.3. The van der Waals surface area contributed by atoms with Crippen LogP contribution in [0.1, 0.15) is 32.9 Å². The second-order valence-electron chi connectivity index (χ2n) is 5.35. The van der Waals surface area contributed by atoms with Crippen molar-refractivity contribution in [2.45, 2.75) is 44.8 Å². The van der Waals surface area contributed by atoms with E-state index in [0.717, 1.165) is 24.0 Å². The van der Waals surface area contributed by atoms with Crippen molar-refractivity contribution < 1.29 is 20.1 Å². The van der Waals surface area contributed by atoms with E-state index < -0.39 is 5.79 Å². The van der Waals surface area contributed by atoms with Gasteiger partial charge in [-0.2, -0.15) is 0 Å². The van der Waals surface area contributed by atoms with E-state index in [1.54, 1.807) is 12.5 Å². The number of nitrogens with zero attached hydrogens (tertiary/aromatic N) is 4. The van der Waals surface area contributed by atoms with Gasteiger partial charge < -0.3 is 20.1 Å². The number of rotatable bonds is 2. The minimum atomic E-state index is -1.50. The van der Waals surface area contributed by atoms with Crippen molar-refractivity contribution in [1.29, 1.82) is 0 Å². The molecule has 21 heavy (non-hydrogen) atoms. The van der Waals surface area contributed by atoms with Crippen molar-refractivity contribution in [1.82, 2.24) is 19.5 Å². The number of imidazole rings is 1. The van der Waals surface area contributed by atoms with Gasteiger partial charge in [0.25, 0.3) is 0 Å². The predicted molar refractivity (Wildman–Crippen MR) is 74.1 cm³/mol. The van der Waals surface area contributed by atoms with E-state index in [4.69, 9.17) is 20.1 Å². The Kier molecular flexibility index (Phi) is 4.84. The van der Waals surface area contributed by atoms with E-state index in [1.807, 2.05) is 4.57 Å². The molecule has 3 rings (SSSR count). The van der Waals surface area contributed by atoms with Crippen LogP contribution in [0, 0.1) is 0 Å². The lowest BCUT2D eigenvalue weighted by Crippen LogP contribution is -2.15. The molecule has 0 spiro atoms. The molecular weight excluding hydrogens is 276 g/mol. The summed E-state index contributed by atoms with van der Waals surface area (Å²) in [5.41, 5.74) is 1.54. The molecule has 8 nitrogen and oxygen atoms in total. The van der Waals surface area contributed by atoms with Crippen molar-refractivity contribution in [3.05, 3.63) is 18.9 Å². The maximum absolute atomic E-state index is 9.02. The highest BCUT2D eigenvalue weighted by atomic mass is 16.5. The Morgan fingerprint density at radius 2 is 2.05 bits per heavy atom. The van der Waals surface area contributed by atoms with Gasteiger partial charge in [-0.05, 0) is 26.7 Å². The topological polar surface area (TPSA) is 114 Å². The van der Waals surface area contributed by atoms with Crippen LogP contribution in [0.25, 0.3) is 11.2 Å². The van der Waals surface area contributed by atoms with Crippen molar-refractivity contribution in [2.24, 2.45) is 0 Å². The van der Waals surface area contributed by atoms with E-state index in [2.05, 4.69) is 15.0 Å². The normalized spacial score (nSPS) is 22.1. The number of ether oxygens (including phenoxy) is 1. The van der Waals surface area contributed by atoms with Crippen LogP contribution in [0.15, 0.2) is 18.9 Å². The third kappa shape index (κ3) is 4.43. The average molecular weight is 296 g/mol. The summed E-state index contributed by atoms with van der Waals surface area (Å²) in [7, 11) is 0. The third-order valence-electron chi connectivity index (χ3n) is 2.84. The maximum atomic E-state index is 9.02. The first-order valence-corrected chi connectivity index (χ1v) is 6.72. The largest absolute Gasteiger partial charge is 0.394 e. The first kappa shape index (κ1) is 15.8. The average Bonchev–Trinajstić information content (AvgIpc) is 3.02. The van der Waals surface area contributed by atoms with E-state index >= 15 is 0 Å². The number of fused-ring (bicyclic) bond motifs is 1. The number of hydrogen-bond acceptors (Lipinski definition) is 7. The van der Waals surface area contributed by atoms with Gasteiger partial charge in [0, 0.05) is 0 Å². The first-order valence-electron chi connectivity index (χ1n) is 6.72. The molecule has 0 saturated carbocycles. The molecule has 116 valence electrons. The van der Waals surface area contributed by atoms with Crippen LogP contribution < -0.4 is 0 Å². The standard InChI is InChI=1S/C10H12N4O2.C3H8O2/c15-4-7-1-2-9(16-7)14-6-13-8-3-11-5-12-10(8)14;1-3(2,4)5/h3,5-7,9,15H,1-2,4H2;4-5H,1-2H3. The van der Waals surface area contributed by atoms with Gasteiger partial charge in [0.15, 0.2) is 11.4 Å². The highest BCUT2D eigenvalue weighted by molar-refractivity contribution is 5.68. The number of aromatic nitrogens is 4. The van der Waals surface area contributed by atoms with Crippen LogP contribution in [0.4, 0.5) is 0 Å². The van der Waals surface area contributed by atoms with E-state index in [0.29, 0.717) is 0 Å². The fourth-order valence-corrected chi connectivity index (χ4v) is 2.02. The minimum absolute atomic E-state index is 0.0655. The fourth-order valence-electron chi connectivity index (χ4n) is 2.02. The van der Waals surface area contributed by atoms with Gasteiger partial charge in [-0.25, -0.2) is 15.0 Å². The fraction of sp³-hybridized carbons (Fsp3) is 0.615.